The molecule has 21 heavy (non-hydrogen) atoms. The Morgan fingerprint density at radius 2 is 2.14 bits per heavy atom. The number of carbonyl (C=O) groups is 1. The molecule has 0 saturated carbocycles. The molecule has 6 nitrogen and oxygen atoms in total. The van der Waals surface area contributed by atoms with E-state index in [9.17, 15) is 4.79 Å². The van der Waals surface area contributed by atoms with E-state index >= 15 is 0 Å². The minimum atomic E-state index is -0.522. The second-order valence-electron chi connectivity index (χ2n) is 4.54. The highest BCUT2D eigenvalue weighted by molar-refractivity contribution is 5.92. The highest BCUT2D eigenvalue weighted by atomic mass is 16.5. The van der Waals surface area contributed by atoms with E-state index in [2.05, 4.69) is 4.98 Å². The van der Waals surface area contributed by atoms with Crippen LogP contribution in [0.4, 0.5) is 5.82 Å². The van der Waals surface area contributed by atoms with Gasteiger partial charge < -0.3 is 19.8 Å². The number of aryl methyl sites for hydroxylation is 1. The summed E-state index contributed by atoms with van der Waals surface area (Å²) in [5, 5.41) is 0. The number of nitrogens with zero attached hydrogens (tertiary/aromatic N) is 2. The smallest absolute Gasteiger partial charge is 0.360 e. The number of hydrogen-bond acceptors (Lipinski definition) is 5. The van der Waals surface area contributed by atoms with Crippen LogP contribution in [0, 0.1) is 0 Å². The minimum Gasteiger partial charge on any atom is -0.497 e. The summed E-state index contributed by atoms with van der Waals surface area (Å²) in [5.74, 6) is 1.32. The number of nitrogen functional groups attached to an aromatic ring is 1. The maximum atomic E-state index is 11.7. The number of benzene rings is 1. The Kier molecular flexibility index (Phi) is 4.47. The largest absolute Gasteiger partial charge is 0.497 e. The predicted molar refractivity (Wildman–Crippen MR) is 79.5 cm³/mol. The monoisotopic (exact) mass is 289 g/mol. The van der Waals surface area contributed by atoms with Crippen LogP contribution in [0.1, 0.15) is 28.8 Å². The molecule has 0 amide bonds. The summed E-state index contributed by atoms with van der Waals surface area (Å²) in [6.07, 6.45) is 0.672. The zero-order chi connectivity index (χ0) is 15.4. The van der Waals surface area contributed by atoms with Crippen molar-refractivity contribution in [3.8, 4) is 5.75 Å². The zero-order valence-corrected chi connectivity index (χ0v) is 12.4. The number of ether oxygens (including phenoxy) is 2. The Morgan fingerprint density at radius 3 is 2.76 bits per heavy atom. The van der Waals surface area contributed by atoms with Gasteiger partial charge in [-0.2, -0.15) is 0 Å². The Hall–Kier alpha value is -2.50. The van der Waals surface area contributed by atoms with Crippen LogP contribution in [0.2, 0.25) is 0 Å². The lowest BCUT2D eigenvalue weighted by molar-refractivity contribution is 0.0595. The first-order chi connectivity index (χ1) is 10.1. The van der Waals surface area contributed by atoms with Gasteiger partial charge in [0.25, 0.3) is 0 Å². The van der Waals surface area contributed by atoms with Crippen LogP contribution in [0.15, 0.2) is 24.3 Å². The molecule has 0 aliphatic carbocycles. The Morgan fingerprint density at radius 1 is 1.38 bits per heavy atom. The van der Waals surface area contributed by atoms with Crippen LogP contribution in [-0.2, 0) is 17.7 Å². The van der Waals surface area contributed by atoms with Gasteiger partial charge in [-0.25, -0.2) is 9.78 Å². The number of aromatic nitrogens is 2. The molecule has 0 spiro atoms. The lowest BCUT2D eigenvalue weighted by atomic mass is 10.2. The molecule has 2 rings (SSSR count). The first-order valence-corrected chi connectivity index (χ1v) is 6.66. The van der Waals surface area contributed by atoms with Crippen molar-refractivity contribution >= 4 is 11.8 Å². The topological polar surface area (TPSA) is 79.4 Å². The number of esters is 1. The van der Waals surface area contributed by atoms with E-state index in [1.807, 2.05) is 35.8 Å². The Labute approximate surface area is 123 Å². The zero-order valence-electron chi connectivity index (χ0n) is 12.4. The van der Waals surface area contributed by atoms with Crippen LogP contribution < -0.4 is 10.5 Å². The fourth-order valence-corrected chi connectivity index (χ4v) is 2.16. The molecule has 0 saturated heterocycles. The van der Waals surface area contributed by atoms with Gasteiger partial charge in [-0.15, -0.1) is 0 Å². The number of rotatable bonds is 5. The van der Waals surface area contributed by atoms with Crippen LogP contribution in [-0.4, -0.2) is 29.7 Å². The van der Waals surface area contributed by atoms with Crippen molar-refractivity contribution in [2.45, 2.75) is 19.9 Å². The number of nitrogens with two attached hydrogens (primary N) is 1. The molecule has 2 N–H and O–H groups in total. The average molecular weight is 289 g/mol. The molecule has 6 heteroatoms. The maximum Gasteiger partial charge on any atom is 0.360 e. The molecule has 0 fully saturated rings. The third kappa shape index (κ3) is 2.99. The summed E-state index contributed by atoms with van der Waals surface area (Å²) in [7, 11) is 2.94. The van der Waals surface area contributed by atoms with Gasteiger partial charge in [-0.05, 0) is 17.7 Å². The van der Waals surface area contributed by atoms with Crippen LogP contribution in [0.25, 0.3) is 0 Å². The van der Waals surface area contributed by atoms with Crippen LogP contribution in [0.3, 0.4) is 0 Å². The summed E-state index contributed by atoms with van der Waals surface area (Å²) in [5.41, 5.74) is 7.23. The first kappa shape index (κ1) is 14.9. The standard InChI is InChI=1S/C15H19N3O3/c1-4-12-17-13(15(19)21-3)14(16)18(12)9-10-6-5-7-11(8-10)20-2/h5-8H,4,9,16H2,1-3H3. The van der Waals surface area contributed by atoms with E-state index in [-0.39, 0.29) is 5.69 Å². The number of anilines is 1. The van der Waals surface area contributed by atoms with Crippen molar-refractivity contribution in [3.05, 3.63) is 41.3 Å². The van der Waals surface area contributed by atoms with Crippen molar-refractivity contribution in [1.29, 1.82) is 0 Å². The third-order valence-electron chi connectivity index (χ3n) is 3.26. The molecule has 0 aliphatic rings. The highest BCUT2D eigenvalue weighted by Gasteiger charge is 2.20. The quantitative estimate of drug-likeness (QED) is 0.850. The molecule has 1 aromatic heterocycles. The van der Waals surface area contributed by atoms with Crippen LogP contribution >= 0.6 is 0 Å². The normalized spacial score (nSPS) is 10.4. The fraction of sp³-hybridized carbons (Fsp3) is 0.333. The molecule has 0 aliphatic heterocycles. The summed E-state index contributed by atoms with van der Waals surface area (Å²) in [4.78, 5) is 15.9. The SMILES string of the molecule is CCc1nc(C(=O)OC)c(N)n1Cc1cccc(OC)c1. The van der Waals surface area contributed by atoms with Crippen molar-refractivity contribution < 1.29 is 14.3 Å². The van der Waals surface area contributed by atoms with Crippen molar-refractivity contribution in [1.82, 2.24) is 9.55 Å². The van der Waals surface area contributed by atoms with E-state index in [1.165, 1.54) is 7.11 Å². The van der Waals surface area contributed by atoms with E-state index in [4.69, 9.17) is 15.2 Å². The van der Waals surface area contributed by atoms with Gasteiger partial charge in [0.15, 0.2) is 5.69 Å². The number of hydrogen-bond donors (Lipinski definition) is 1. The molecule has 0 unspecified atom stereocenters. The van der Waals surface area contributed by atoms with Crippen molar-refractivity contribution in [3.63, 3.8) is 0 Å². The summed E-state index contributed by atoms with van der Waals surface area (Å²) < 4.78 is 11.7. The highest BCUT2D eigenvalue weighted by Crippen LogP contribution is 2.20. The maximum absolute atomic E-state index is 11.7. The molecular formula is C15H19N3O3. The molecule has 2 aromatic rings. The van der Waals surface area contributed by atoms with Gasteiger partial charge in [0, 0.05) is 6.42 Å². The van der Waals surface area contributed by atoms with E-state index in [0.29, 0.717) is 18.8 Å². The second kappa shape index (κ2) is 6.30. The van der Waals surface area contributed by atoms with E-state index in [1.54, 1.807) is 7.11 Å². The number of imidazole rings is 1. The van der Waals surface area contributed by atoms with Gasteiger partial charge in [0.2, 0.25) is 0 Å². The van der Waals surface area contributed by atoms with Gasteiger partial charge in [0.1, 0.15) is 17.4 Å². The van der Waals surface area contributed by atoms with Crippen LogP contribution in [0.5, 0.6) is 5.75 Å². The second-order valence-corrected chi connectivity index (χ2v) is 4.54. The Bertz CT molecular complexity index is 650. The third-order valence-corrected chi connectivity index (χ3v) is 3.26. The molecule has 1 aromatic carbocycles. The molecule has 0 atom stereocenters. The van der Waals surface area contributed by atoms with Gasteiger partial charge >= 0.3 is 5.97 Å². The van der Waals surface area contributed by atoms with E-state index in [0.717, 1.165) is 17.1 Å². The van der Waals surface area contributed by atoms with Gasteiger partial charge in [0.05, 0.1) is 20.8 Å². The van der Waals surface area contributed by atoms with Gasteiger partial charge in [-0.3, -0.25) is 0 Å². The van der Waals surface area contributed by atoms with Gasteiger partial charge in [-0.1, -0.05) is 19.1 Å². The number of methoxy groups -OCH3 is 2. The molecule has 0 radical (unpaired) electrons. The predicted octanol–water partition coefficient (Wildman–Crippen LogP) is 1.87. The molecule has 1 heterocycles. The molecule has 0 bridgehead atoms. The summed E-state index contributed by atoms with van der Waals surface area (Å²) >= 11 is 0. The van der Waals surface area contributed by atoms with Crippen molar-refractivity contribution in [2.75, 3.05) is 20.0 Å². The van der Waals surface area contributed by atoms with E-state index < -0.39 is 5.97 Å². The fourth-order valence-electron chi connectivity index (χ4n) is 2.16. The summed E-state index contributed by atoms with van der Waals surface area (Å²) in [6.45, 7) is 2.49. The molecular weight excluding hydrogens is 270 g/mol. The summed E-state index contributed by atoms with van der Waals surface area (Å²) in [6, 6.07) is 7.69. The lowest BCUT2D eigenvalue weighted by Gasteiger charge is -2.10. The molecule has 112 valence electrons. The van der Waals surface area contributed by atoms with Crippen molar-refractivity contribution in [2.24, 2.45) is 0 Å². The lowest BCUT2D eigenvalue weighted by Crippen LogP contribution is -2.10. The average Bonchev–Trinajstić information content (AvgIpc) is 2.83. The number of carbonyl (C=O) groups excluding carboxylic acids is 1. The minimum absolute atomic E-state index is 0.164. The first-order valence-electron chi connectivity index (χ1n) is 6.66. The Balaban J connectivity index is 2.38.